The molecule has 0 saturated heterocycles. The van der Waals surface area contributed by atoms with Gasteiger partial charge in [-0.3, -0.25) is 9.69 Å². The minimum atomic E-state index is 0.186. The molecule has 0 N–H and O–H groups in total. The molecule has 0 aliphatic heterocycles. The molecule has 15 heavy (non-hydrogen) atoms. The van der Waals surface area contributed by atoms with Crippen LogP contribution in [-0.4, -0.2) is 31.4 Å². The van der Waals surface area contributed by atoms with Crippen LogP contribution in [0.15, 0.2) is 24.3 Å². The first-order chi connectivity index (χ1) is 7.11. The standard InChI is InChI=1S/C12H17NO2/c1-10(14)8-13(2)9-11-4-6-12(15-3)7-5-11/h4-7H,8-9H2,1-3H3. The second-order valence-corrected chi connectivity index (χ2v) is 3.72. The highest BCUT2D eigenvalue weighted by Crippen LogP contribution is 2.12. The van der Waals surface area contributed by atoms with E-state index in [2.05, 4.69) is 0 Å². The van der Waals surface area contributed by atoms with E-state index in [0.29, 0.717) is 6.54 Å². The van der Waals surface area contributed by atoms with E-state index in [1.807, 2.05) is 36.2 Å². The molecule has 1 aromatic carbocycles. The second-order valence-electron chi connectivity index (χ2n) is 3.72. The third-order valence-electron chi connectivity index (χ3n) is 2.10. The summed E-state index contributed by atoms with van der Waals surface area (Å²) in [5.41, 5.74) is 1.18. The summed E-state index contributed by atoms with van der Waals surface area (Å²) < 4.78 is 5.07. The third-order valence-corrected chi connectivity index (χ3v) is 2.10. The van der Waals surface area contributed by atoms with Crippen LogP contribution in [0.1, 0.15) is 12.5 Å². The van der Waals surface area contributed by atoms with Gasteiger partial charge in [0.2, 0.25) is 0 Å². The molecule has 3 heteroatoms. The lowest BCUT2D eigenvalue weighted by Gasteiger charge is -2.14. The zero-order valence-electron chi connectivity index (χ0n) is 9.49. The number of hydrogen-bond donors (Lipinski definition) is 0. The molecule has 0 amide bonds. The van der Waals surface area contributed by atoms with Gasteiger partial charge in [-0.05, 0) is 31.7 Å². The van der Waals surface area contributed by atoms with Crippen LogP contribution in [0, 0.1) is 0 Å². The van der Waals surface area contributed by atoms with Crippen LogP contribution in [0.4, 0.5) is 0 Å². The van der Waals surface area contributed by atoms with E-state index < -0.39 is 0 Å². The van der Waals surface area contributed by atoms with Crippen molar-refractivity contribution in [2.45, 2.75) is 13.5 Å². The molecule has 1 aromatic rings. The Morgan fingerprint density at radius 3 is 2.40 bits per heavy atom. The van der Waals surface area contributed by atoms with Gasteiger partial charge in [0.05, 0.1) is 13.7 Å². The quantitative estimate of drug-likeness (QED) is 0.736. The van der Waals surface area contributed by atoms with Crippen molar-refractivity contribution in [2.75, 3.05) is 20.7 Å². The molecule has 0 unspecified atom stereocenters. The molecule has 3 nitrogen and oxygen atoms in total. The Bertz CT molecular complexity index is 319. The number of methoxy groups -OCH3 is 1. The topological polar surface area (TPSA) is 29.5 Å². The highest BCUT2D eigenvalue weighted by Gasteiger charge is 2.02. The molecule has 1 rings (SSSR count). The number of Topliss-reactive ketones (excluding diaryl/α,β-unsaturated/α-hetero) is 1. The van der Waals surface area contributed by atoms with Crippen molar-refractivity contribution in [1.29, 1.82) is 0 Å². The number of ether oxygens (including phenoxy) is 1. The zero-order valence-corrected chi connectivity index (χ0v) is 9.49. The lowest BCUT2D eigenvalue weighted by atomic mass is 10.2. The number of carbonyl (C=O) groups excluding carboxylic acids is 1. The van der Waals surface area contributed by atoms with Gasteiger partial charge in [-0.25, -0.2) is 0 Å². The van der Waals surface area contributed by atoms with Gasteiger partial charge in [0.25, 0.3) is 0 Å². The minimum Gasteiger partial charge on any atom is -0.497 e. The fourth-order valence-corrected chi connectivity index (χ4v) is 1.48. The van der Waals surface area contributed by atoms with Crippen molar-refractivity contribution in [3.8, 4) is 5.75 Å². The van der Waals surface area contributed by atoms with Crippen molar-refractivity contribution >= 4 is 5.78 Å². The summed E-state index contributed by atoms with van der Waals surface area (Å²) in [5, 5.41) is 0. The van der Waals surface area contributed by atoms with Gasteiger partial charge in [-0.2, -0.15) is 0 Å². The molecule has 0 heterocycles. The molecule has 82 valence electrons. The largest absolute Gasteiger partial charge is 0.497 e. The monoisotopic (exact) mass is 207 g/mol. The van der Waals surface area contributed by atoms with E-state index in [0.717, 1.165) is 12.3 Å². The van der Waals surface area contributed by atoms with Gasteiger partial charge in [0.15, 0.2) is 0 Å². The van der Waals surface area contributed by atoms with Crippen molar-refractivity contribution in [1.82, 2.24) is 4.90 Å². The average molecular weight is 207 g/mol. The van der Waals surface area contributed by atoms with E-state index in [4.69, 9.17) is 4.74 Å². The van der Waals surface area contributed by atoms with E-state index in [1.165, 1.54) is 5.56 Å². The van der Waals surface area contributed by atoms with Gasteiger partial charge in [-0.15, -0.1) is 0 Å². The normalized spacial score (nSPS) is 10.4. The molecule has 0 radical (unpaired) electrons. The maximum atomic E-state index is 10.9. The molecular formula is C12H17NO2. The second kappa shape index (κ2) is 5.51. The number of benzene rings is 1. The van der Waals surface area contributed by atoms with Crippen molar-refractivity contribution in [3.05, 3.63) is 29.8 Å². The number of carbonyl (C=O) groups is 1. The zero-order chi connectivity index (χ0) is 11.3. The Kier molecular flexibility index (Phi) is 4.31. The van der Waals surface area contributed by atoms with Crippen molar-refractivity contribution in [2.24, 2.45) is 0 Å². The van der Waals surface area contributed by atoms with Gasteiger partial charge in [0.1, 0.15) is 11.5 Å². The maximum Gasteiger partial charge on any atom is 0.143 e. The first-order valence-electron chi connectivity index (χ1n) is 4.92. The Morgan fingerprint density at radius 2 is 1.93 bits per heavy atom. The van der Waals surface area contributed by atoms with Gasteiger partial charge >= 0.3 is 0 Å². The third kappa shape index (κ3) is 4.13. The Morgan fingerprint density at radius 1 is 1.33 bits per heavy atom. The molecule has 0 saturated carbocycles. The summed E-state index contributed by atoms with van der Waals surface area (Å²) in [6.07, 6.45) is 0. The summed E-state index contributed by atoms with van der Waals surface area (Å²) in [4.78, 5) is 12.9. The first-order valence-corrected chi connectivity index (χ1v) is 4.92. The van der Waals surface area contributed by atoms with Crippen LogP contribution in [0.25, 0.3) is 0 Å². The van der Waals surface area contributed by atoms with Crippen LogP contribution < -0.4 is 4.74 Å². The highest BCUT2D eigenvalue weighted by atomic mass is 16.5. The molecule has 0 aliphatic rings. The van der Waals surface area contributed by atoms with E-state index in [1.54, 1.807) is 14.0 Å². The van der Waals surface area contributed by atoms with E-state index >= 15 is 0 Å². The summed E-state index contributed by atoms with van der Waals surface area (Å²) >= 11 is 0. The fourth-order valence-electron chi connectivity index (χ4n) is 1.48. The molecule has 0 bridgehead atoms. The predicted molar refractivity (Wildman–Crippen MR) is 60.0 cm³/mol. The lowest BCUT2D eigenvalue weighted by Crippen LogP contribution is -2.23. The van der Waals surface area contributed by atoms with E-state index in [9.17, 15) is 4.79 Å². The van der Waals surface area contributed by atoms with Crippen LogP contribution in [-0.2, 0) is 11.3 Å². The molecule has 0 aromatic heterocycles. The number of likely N-dealkylation sites (N-methyl/N-ethyl adjacent to an activating group) is 1. The Balaban J connectivity index is 2.53. The lowest BCUT2D eigenvalue weighted by molar-refractivity contribution is -0.117. The summed E-state index contributed by atoms with van der Waals surface area (Å²) in [7, 11) is 3.59. The number of rotatable bonds is 5. The highest BCUT2D eigenvalue weighted by molar-refractivity contribution is 5.77. The first kappa shape index (κ1) is 11.7. The van der Waals surface area contributed by atoms with Crippen LogP contribution >= 0.6 is 0 Å². The summed E-state index contributed by atoms with van der Waals surface area (Å²) in [6.45, 7) is 2.88. The number of ketones is 1. The predicted octanol–water partition coefficient (Wildman–Crippen LogP) is 1.72. The van der Waals surface area contributed by atoms with E-state index in [-0.39, 0.29) is 5.78 Å². The van der Waals surface area contributed by atoms with Crippen LogP contribution in [0.2, 0.25) is 0 Å². The van der Waals surface area contributed by atoms with Crippen LogP contribution in [0.3, 0.4) is 0 Å². The van der Waals surface area contributed by atoms with Crippen molar-refractivity contribution < 1.29 is 9.53 Å². The van der Waals surface area contributed by atoms with Gasteiger partial charge in [-0.1, -0.05) is 12.1 Å². The van der Waals surface area contributed by atoms with Gasteiger partial charge < -0.3 is 4.74 Å². The molecular weight excluding hydrogens is 190 g/mol. The number of nitrogens with zero attached hydrogens (tertiary/aromatic N) is 1. The average Bonchev–Trinajstić information content (AvgIpc) is 2.17. The number of hydrogen-bond acceptors (Lipinski definition) is 3. The maximum absolute atomic E-state index is 10.9. The summed E-state index contributed by atoms with van der Waals surface area (Å²) in [6, 6.07) is 7.87. The molecule has 0 fully saturated rings. The fraction of sp³-hybridized carbons (Fsp3) is 0.417. The summed E-state index contributed by atoms with van der Waals surface area (Å²) in [5.74, 6) is 1.04. The SMILES string of the molecule is COc1ccc(CN(C)CC(C)=O)cc1. The smallest absolute Gasteiger partial charge is 0.143 e. The minimum absolute atomic E-state index is 0.186. The van der Waals surface area contributed by atoms with Crippen molar-refractivity contribution in [3.63, 3.8) is 0 Å². The van der Waals surface area contributed by atoms with Crippen LogP contribution in [0.5, 0.6) is 5.75 Å². The molecule has 0 atom stereocenters. The Labute approximate surface area is 90.7 Å². The van der Waals surface area contributed by atoms with Gasteiger partial charge in [0, 0.05) is 6.54 Å². The molecule has 0 aliphatic carbocycles. The molecule has 0 spiro atoms. The Hall–Kier alpha value is -1.35.